The second kappa shape index (κ2) is 7.59. The summed E-state index contributed by atoms with van der Waals surface area (Å²) in [5, 5.41) is 0. The van der Waals surface area contributed by atoms with Gasteiger partial charge in [-0.05, 0) is 24.3 Å². The number of anilines is 2. The number of benzene rings is 1. The summed E-state index contributed by atoms with van der Waals surface area (Å²) in [5.41, 5.74) is 1.77. The van der Waals surface area contributed by atoms with Crippen LogP contribution in [0.25, 0.3) is 0 Å². The van der Waals surface area contributed by atoms with Gasteiger partial charge in [0.05, 0.1) is 6.54 Å². The normalized spacial score (nSPS) is 16.5. The Balaban J connectivity index is 1.64. The van der Waals surface area contributed by atoms with Crippen molar-refractivity contribution in [3.8, 4) is 5.88 Å². The first-order valence-electron chi connectivity index (χ1n) is 8.67. The molecule has 0 bridgehead atoms. The van der Waals surface area contributed by atoms with Crippen LogP contribution in [0, 0.1) is 0 Å². The molecular weight excluding hydrogens is 330 g/mol. The Kier molecular flexibility index (Phi) is 5.25. The lowest BCUT2D eigenvalue weighted by molar-refractivity contribution is 0.0771. The van der Waals surface area contributed by atoms with Crippen LogP contribution >= 0.6 is 0 Å². The molecule has 26 heavy (non-hydrogen) atoms. The maximum absolute atomic E-state index is 12.7. The molecule has 1 fully saturated rings. The fourth-order valence-electron chi connectivity index (χ4n) is 2.96. The highest BCUT2D eigenvalue weighted by Crippen LogP contribution is 2.25. The molecule has 1 amide bonds. The third kappa shape index (κ3) is 3.87. The summed E-state index contributed by atoms with van der Waals surface area (Å²) in [5.74, 6) is 1.23. The van der Waals surface area contributed by atoms with Crippen molar-refractivity contribution in [2.24, 2.45) is 0 Å². The Morgan fingerprint density at radius 3 is 2.42 bits per heavy atom. The first-order valence-corrected chi connectivity index (χ1v) is 8.67. The average molecular weight is 355 g/mol. The molecule has 2 aromatic rings. The van der Waals surface area contributed by atoms with Crippen LogP contribution in [0.15, 0.2) is 36.7 Å². The standard InChI is InChI=1S/C19H25N5O2/c1-22(2)15-7-5-14(6-8-15)19(25)24-12-9-16(13-24)26-18-17(23(3)4)20-10-11-21-18/h5-8,10-11,16H,9,12-13H2,1-4H3. The number of aromatic nitrogens is 2. The Labute approximate surface area is 154 Å². The van der Waals surface area contributed by atoms with Gasteiger partial charge in [0.1, 0.15) is 6.10 Å². The molecule has 1 aliphatic rings. The number of nitrogens with zero attached hydrogens (tertiary/aromatic N) is 5. The molecule has 1 aromatic carbocycles. The summed E-state index contributed by atoms with van der Waals surface area (Å²) in [6.07, 6.45) is 3.97. The van der Waals surface area contributed by atoms with Crippen LogP contribution in [-0.4, -0.2) is 68.2 Å². The largest absolute Gasteiger partial charge is 0.470 e. The molecule has 0 aliphatic carbocycles. The summed E-state index contributed by atoms with van der Waals surface area (Å²) >= 11 is 0. The number of hydrogen-bond acceptors (Lipinski definition) is 6. The molecule has 0 N–H and O–H groups in total. The van der Waals surface area contributed by atoms with E-state index in [0.29, 0.717) is 30.4 Å². The van der Waals surface area contributed by atoms with Crippen molar-refractivity contribution in [2.45, 2.75) is 12.5 Å². The van der Waals surface area contributed by atoms with Gasteiger partial charge in [-0.3, -0.25) is 4.79 Å². The van der Waals surface area contributed by atoms with Crippen molar-refractivity contribution in [2.75, 3.05) is 51.1 Å². The zero-order valence-electron chi connectivity index (χ0n) is 15.7. The first-order chi connectivity index (χ1) is 12.5. The topological polar surface area (TPSA) is 61.8 Å². The van der Waals surface area contributed by atoms with Crippen molar-refractivity contribution in [1.82, 2.24) is 14.9 Å². The summed E-state index contributed by atoms with van der Waals surface area (Å²) in [7, 11) is 7.76. The second-order valence-corrected chi connectivity index (χ2v) is 6.80. The minimum atomic E-state index is -0.0737. The van der Waals surface area contributed by atoms with E-state index in [1.54, 1.807) is 12.4 Å². The molecule has 7 nitrogen and oxygen atoms in total. The van der Waals surface area contributed by atoms with E-state index in [-0.39, 0.29) is 12.0 Å². The molecule has 1 aliphatic heterocycles. The van der Waals surface area contributed by atoms with E-state index < -0.39 is 0 Å². The van der Waals surface area contributed by atoms with Gasteiger partial charge in [0, 0.05) is 64.8 Å². The van der Waals surface area contributed by atoms with Gasteiger partial charge in [0.15, 0.2) is 5.82 Å². The highest BCUT2D eigenvalue weighted by atomic mass is 16.5. The number of ether oxygens (including phenoxy) is 1. The predicted molar refractivity (Wildman–Crippen MR) is 102 cm³/mol. The Hall–Kier alpha value is -2.83. The molecule has 1 atom stereocenters. The average Bonchev–Trinajstić information content (AvgIpc) is 3.10. The van der Waals surface area contributed by atoms with E-state index in [0.717, 1.165) is 12.1 Å². The fourth-order valence-corrected chi connectivity index (χ4v) is 2.96. The lowest BCUT2D eigenvalue weighted by atomic mass is 10.2. The van der Waals surface area contributed by atoms with E-state index in [4.69, 9.17) is 4.74 Å². The summed E-state index contributed by atoms with van der Waals surface area (Å²) in [4.78, 5) is 27.0. The SMILES string of the molecule is CN(C)c1ccc(C(=O)N2CCC(Oc3nccnc3N(C)C)C2)cc1. The van der Waals surface area contributed by atoms with Crippen LogP contribution in [0.2, 0.25) is 0 Å². The number of hydrogen-bond donors (Lipinski definition) is 0. The maximum atomic E-state index is 12.7. The fraction of sp³-hybridized carbons (Fsp3) is 0.421. The quantitative estimate of drug-likeness (QED) is 0.816. The van der Waals surface area contributed by atoms with E-state index in [1.807, 2.05) is 67.2 Å². The minimum Gasteiger partial charge on any atom is -0.470 e. The van der Waals surface area contributed by atoms with Crippen LogP contribution in [-0.2, 0) is 0 Å². The Bertz CT molecular complexity index is 761. The number of rotatable bonds is 5. The highest BCUT2D eigenvalue weighted by molar-refractivity contribution is 5.94. The number of carbonyl (C=O) groups excluding carboxylic acids is 1. The van der Waals surface area contributed by atoms with Crippen LogP contribution in [0.5, 0.6) is 5.88 Å². The molecule has 1 unspecified atom stereocenters. The molecule has 7 heteroatoms. The third-order valence-corrected chi connectivity index (χ3v) is 4.41. The van der Waals surface area contributed by atoms with E-state index >= 15 is 0 Å². The van der Waals surface area contributed by atoms with Gasteiger partial charge < -0.3 is 19.4 Å². The van der Waals surface area contributed by atoms with Gasteiger partial charge in [-0.25, -0.2) is 9.97 Å². The van der Waals surface area contributed by atoms with E-state index in [2.05, 4.69) is 9.97 Å². The number of likely N-dealkylation sites (tertiary alicyclic amines) is 1. The van der Waals surface area contributed by atoms with Crippen molar-refractivity contribution in [3.05, 3.63) is 42.2 Å². The van der Waals surface area contributed by atoms with Gasteiger partial charge in [-0.15, -0.1) is 0 Å². The maximum Gasteiger partial charge on any atom is 0.257 e. The van der Waals surface area contributed by atoms with Gasteiger partial charge in [0.25, 0.3) is 11.8 Å². The summed E-state index contributed by atoms with van der Waals surface area (Å²) in [6.45, 7) is 1.23. The Morgan fingerprint density at radius 1 is 1.08 bits per heavy atom. The van der Waals surface area contributed by atoms with Crippen LogP contribution in [0.4, 0.5) is 11.5 Å². The predicted octanol–water partition coefficient (Wildman–Crippen LogP) is 1.90. The highest BCUT2D eigenvalue weighted by Gasteiger charge is 2.29. The van der Waals surface area contributed by atoms with Crippen LogP contribution in [0.3, 0.4) is 0 Å². The van der Waals surface area contributed by atoms with Crippen molar-refractivity contribution < 1.29 is 9.53 Å². The molecule has 3 rings (SSSR count). The Morgan fingerprint density at radius 2 is 1.77 bits per heavy atom. The second-order valence-electron chi connectivity index (χ2n) is 6.80. The zero-order chi connectivity index (χ0) is 18.7. The summed E-state index contributed by atoms with van der Waals surface area (Å²) in [6, 6.07) is 7.66. The molecule has 1 saturated heterocycles. The number of amides is 1. The molecular formula is C19H25N5O2. The lowest BCUT2D eigenvalue weighted by Gasteiger charge is -2.20. The van der Waals surface area contributed by atoms with Gasteiger partial charge >= 0.3 is 0 Å². The molecule has 138 valence electrons. The van der Waals surface area contributed by atoms with Crippen molar-refractivity contribution in [1.29, 1.82) is 0 Å². The van der Waals surface area contributed by atoms with Crippen LogP contribution < -0.4 is 14.5 Å². The smallest absolute Gasteiger partial charge is 0.257 e. The van der Waals surface area contributed by atoms with E-state index in [9.17, 15) is 4.79 Å². The van der Waals surface area contributed by atoms with Gasteiger partial charge in [-0.1, -0.05) is 0 Å². The van der Waals surface area contributed by atoms with Crippen molar-refractivity contribution >= 4 is 17.4 Å². The molecule has 1 aromatic heterocycles. The number of carbonyl (C=O) groups is 1. The van der Waals surface area contributed by atoms with Gasteiger partial charge in [-0.2, -0.15) is 0 Å². The molecule has 0 spiro atoms. The van der Waals surface area contributed by atoms with E-state index in [1.165, 1.54) is 0 Å². The molecule has 0 saturated carbocycles. The minimum absolute atomic E-state index is 0.0355. The lowest BCUT2D eigenvalue weighted by Crippen LogP contribution is -2.31. The zero-order valence-corrected chi connectivity index (χ0v) is 15.7. The first kappa shape index (κ1) is 18.0. The monoisotopic (exact) mass is 355 g/mol. The summed E-state index contributed by atoms with van der Waals surface area (Å²) < 4.78 is 6.02. The van der Waals surface area contributed by atoms with Crippen LogP contribution in [0.1, 0.15) is 16.8 Å². The van der Waals surface area contributed by atoms with Crippen molar-refractivity contribution in [3.63, 3.8) is 0 Å². The molecule has 0 radical (unpaired) electrons. The van der Waals surface area contributed by atoms with Gasteiger partial charge in [0.2, 0.25) is 0 Å². The third-order valence-electron chi connectivity index (χ3n) is 4.41. The molecule has 2 heterocycles.